The van der Waals surface area contributed by atoms with E-state index in [1.54, 1.807) is 6.33 Å². The largest absolute Gasteiger partial charge is 0.326 e. The van der Waals surface area contributed by atoms with Gasteiger partial charge in [0.05, 0.1) is 29.4 Å². The maximum Gasteiger partial charge on any atom is 0.228 e. The lowest BCUT2D eigenvalue weighted by Gasteiger charge is -2.21. The van der Waals surface area contributed by atoms with Crippen LogP contribution in [-0.4, -0.2) is 35.4 Å². The molecule has 24 heavy (non-hydrogen) atoms. The predicted octanol–water partition coefficient (Wildman–Crippen LogP) is 2.25. The van der Waals surface area contributed by atoms with Gasteiger partial charge in [-0.2, -0.15) is 0 Å². The van der Waals surface area contributed by atoms with Crippen LogP contribution in [0.1, 0.15) is 24.2 Å². The first-order valence-corrected chi connectivity index (χ1v) is 9.80. The van der Waals surface area contributed by atoms with Crippen LogP contribution in [0.4, 0.5) is 5.69 Å². The highest BCUT2D eigenvalue weighted by atomic mass is 32.2. The summed E-state index contributed by atoms with van der Waals surface area (Å²) >= 11 is 0. The molecule has 0 aliphatic carbocycles. The first-order valence-electron chi connectivity index (χ1n) is 7.98. The Morgan fingerprint density at radius 1 is 1.25 bits per heavy atom. The highest BCUT2D eigenvalue weighted by molar-refractivity contribution is 7.91. The predicted molar refractivity (Wildman–Crippen MR) is 93.0 cm³/mol. The highest BCUT2D eigenvalue weighted by Crippen LogP contribution is 2.21. The van der Waals surface area contributed by atoms with E-state index in [1.165, 1.54) is 0 Å². The number of carbonyl (C=O) groups excluding carboxylic acids is 1. The summed E-state index contributed by atoms with van der Waals surface area (Å²) in [6.07, 6.45) is 2.94. The van der Waals surface area contributed by atoms with Crippen LogP contribution in [0, 0.1) is 19.8 Å². The SMILES string of the molecule is Cc1ncn(-c2ccc(NC(=O)C3CCCS(=O)(=O)C3)cc2)c1C. The molecular weight excluding hydrogens is 326 g/mol. The summed E-state index contributed by atoms with van der Waals surface area (Å²) in [4.78, 5) is 16.6. The molecule has 0 bridgehead atoms. The molecule has 1 aliphatic rings. The number of aromatic nitrogens is 2. The third-order valence-corrected chi connectivity index (χ3v) is 6.32. The van der Waals surface area contributed by atoms with Gasteiger partial charge in [0, 0.05) is 17.1 Å². The van der Waals surface area contributed by atoms with Gasteiger partial charge in [-0.1, -0.05) is 0 Å². The van der Waals surface area contributed by atoms with Crippen molar-refractivity contribution in [1.82, 2.24) is 9.55 Å². The lowest BCUT2D eigenvalue weighted by Crippen LogP contribution is -2.34. The maximum atomic E-state index is 12.3. The van der Waals surface area contributed by atoms with E-state index in [0.717, 1.165) is 17.1 Å². The number of rotatable bonds is 3. The minimum absolute atomic E-state index is 0.0512. The number of benzene rings is 1. The Labute approximate surface area is 141 Å². The van der Waals surface area contributed by atoms with Crippen molar-refractivity contribution < 1.29 is 13.2 Å². The minimum Gasteiger partial charge on any atom is -0.326 e. The molecule has 1 aromatic heterocycles. The topological polar surface area (TPSA) is 81.1 Å². The molecule has 1 saturated heterocycles. The molecule has 1 N–H and O–H groups in total. The molecule has 1 aromatic carbocycles. The zero-order valence-corrected chi connectivity index (χ0v) is 14.6. The summed E-state index contributed by atoms with van der Waals surface area (Å²) < 4.78 is 25.3. The molecule has 7 heteroatoms. The van der Waals surface area contributed by atoms with Crippen LogP contribution in [0.5, 0.6) is 0 Å². The van der Waals surface area contributed by atoms with Gasteiger partial charge < -0.3 is 9.88 Å². The molecule has 0 radical (unpaired) electrons. The summed E-state index contributed by atoms with van der Waals surface area (Å²) in [5.41, 5.74) is 3.68. The molecule has 6 nitrogen and oxygen atoms in total. The smallest absolute Gasteiger partial charge is 0.228 e. The van der Waals surface area contributed by atoms with Gasteiger partial charge in [-0.15, -0.1) is 0 Å². The van der Waals surface area contributed by atoms with E-state index in [4.69, 9.17) is 0 Å². The second-order valence-electron chi connectivity index (χ2n) is 6.28. The van der Waals surface area contributed by atoms with Crippen LogP contribution in [0.25, 0.3) is 5.69 Å². The van der Waals surface area contributed by atoms with E-state index in [1.807, 2.05) is 42.7 Å². The number of anilines is 1. The van der Waals surface area contributed by atoms with E-state index in [-0.39, 0.29) is 17.4 Å². The lowest BCUT2D eigenvalue weighted by molar-refractivity contribution is -0.119. The quantitative estimate of drug-likeness (QED) is 0.923. The third-order valence-electron chi connectivity index (χ3n) is 4.50. The van der Waals surface area contributed by atoms with Crippen molar-refractivity contribution in [3.8, 4) is 5.69 Å². The number of sulfone groups is 1. The lowest BCUT2D eigenvalue weighted by atomic mass is 10.0. The Bertz CT molecular complexity index is 854. The average Bonchev–Trinajstić information content (AvgIpc) is 2.87. The molecular formula is C17H21N3O3S. The zero-order chi connectivity index (χ0) is 17.3. The van der Waals surface area contributed by atoms with E-state index in [9.17, 15) is 13.2 Å². The van der Waals surface area contributed by atoms with Crippen molar-refractivity contribution in [2.45, 2.75) is 26.7 Å². The second-order valence-corrected chi connectivity index (χ2v) is 8.50. The van der Waals surface area contributed by atoms with Crippen LogP contribution in [0.15, 0.2) is 30.6 Å². The molecule has 2 aromatic rings. The Hall–Kier alpha value is -2.15. The van der Waals surface area contributed by atoms with Gasteiger partial charge >= 0.3 is 0 Å². The summed E-state index contributed by atoms with van der Waals surface area (Å²) in [6.45, 7) is 3.96. The van der Waals surface area contributed by atoms with Crippen LogP contribution >= 0.6 is 0 Å². The summed E-state index contributed by atoms with van der Waals surface area (Å²) in [6, 6.07) is 7.45. The Morgan fingerprint density at radius 2 is 1.96 bits per heavy atom. The first kappa shape index (κ1) is 16.7. The summed E-state index contributed by atoms with van der Waals surface area (Å²) in [7, 11) is -3.09. The van der Waals surface area contributed by atoms with Gasteiger partial charge in [0.1, 0.15) is 0 Å². The number of nitrogens with one attached hydrogen (secondary N) is 1. The molecule has 0 saturated carbocycles. The number of carbonyl (C=O) groups is 1. The molecule has 1 aliphatic heterocycles. The molecule has 0 spiro atoms. The van der Waals surface area contributed by atoms with E-state index in [0.29, 0.717) is 18.5 Å². The van der Waals surface area contributed by atoms with E-state index >= 15 is 0 Å². The van der Waals surface area contributed by atoms with Crippen LogP contribution in [-0.2, 0) is 14.6 Å². The molecule has 1 amide bonds. The molecule has 128 valence electrons. The third kappa shape index (κ3) is 3.51. The van der Waals surface area contributed by atoms with Gasteiger partial charge in [0.15, 0.2) is 9.84 Å². The van der Waals surface area contributed by atoms with Gasteiger partial charge in [-0.3, -0.25) is 4.79 Å². The molecule has 1 fully saturated rings. The van der Waals surface area contributed by atoms with Crippen LogP contribution in [0.3, 0.4) is 0 Å². The Balaban J connectivity index is 1.70. The summed E-state index contributed by atoms with van der Waals surface area (Å²) in [5, 5.41) is 2.82. The van der Waals surface area contributed by atoms with Crippen molar-refractivity contribution in [1.29, 1.82) is 0 Å². The number of imidazole rings is 1. The number of aryl methyl sites for hydroxylation is 1. The van der Waals surface area contributed by atoms with Crippen molar-refractivity contribution >= 4 is 21.4 Å². The van der Waals surface area contributed by atoms with Crippen molar-refractivity contribution in [2.75, 3.05) is 16.8 Å². The molecule has 1 atom stereocenters. The van der Waals surface area contributed by atoms with Gasteiger partial charge in [-0.25, -0.2) is 13.4 Å². The fraction of sp³-hybridized carbons (Fsp3) is 0.412. The Morgan fingerprint density at radius 3 is 2.54 bits per heavy atom. The van der Waals surface area contributed by atoms with E-state index in [2.05, 4.69) is 10.3 Å². The number of amides is 1. The number of hydrogen-bond donors (Lipinski definition) is 1. The second kappa shape index (κ2) is 6.39. The number of nitrogens with zero attached hydrogens (tertiary/aromatic N) is 2. The van der Waals surface area contributed by atoms with Gasteiger partial charge in [0.25, 0.3) is 0 Å². The average molecular weight is 347 g/mol. The fourth-order valence-electron chi connectivity index (χ4n) is 2.94. The highest BCUT2D eigenvalue weighted by Gasteiger charge is 2.29. The van der Waals surface area contributed by atoms with Gasteiger partial charge in [-0.05, 0) is 51.0 Å². The summed E-state index contributed by atoms with van der Waals surface area (Å²) in [5.74, 6) is -0.540. The maximum absolute atomic E-state index is 12.3. The first-order chi connectivity index (χ1) is 11.4. The van der Waals surface area contributed by atoms with Crippen LogP contribution < -0.4 is 5.32 Å². The standard InChI is InChI=1S/C17H21N3O3S/c1-12-13(2)20(11-18-12)16-7-5-15(6-8-16)19-17(21)14-4-3-9-24(22,23)10-14/h5-8,11,14H,3-4,9-10H2,1-2H3,(H,19,21). The van der Waals surface area contributed by atoms with Crippen molar-refractivity contribution in [2.24, 2.45) is 5.92 Å². The molecule has 1 unspecified atom stereocenters. The fourth-order valence-corrected chi connectivity index (χ4v) is 4.64. The van der Waals surface area contributed by atoms with Crippen molar-refractivity contribution in [3.05, 3.63) is 42.0 Å². The normalized spacial score (nSPS) is 19.8. The number of hydrogen-bond acceptors (Lipinski definition) is 4. The Kier molecular flexibility index (Phi) is 4.45. The van der Waals surface area contributed by atoms with Crippen LogP contribution in [0.2, 0.25) is 0 Å². The van der Waals surface area contributed by atoms with Crippen molar-refractivity contribution in [3.63, 3.8) is 0 Å². The monoisotopic (exact) mass is 347 g/mol. The molecule has 3 rings (SSSR count). The minimum atomic E-state index is -3.09. The van der Waals surface area contributed by atoms with Gasteiger partial charge in [0.2, 0.25) is 5.91 Å². The van der Waals surface area contributed by atoms with E-state index < -0.39 is 15.8 Å². The zero-order valence-electron chi connectivity index (χ0n) is 13.8. The molecule has 2 heterocycles.